The Morgan fingerprint density at radius 3 is 2.58 bits per heavy atom. The van der Waals surface area contributed by atoms with Gasteiger partial charge in [-0.1, -0.05) is 6.92 Å². The smallest absolute Gasteiger partial charge is 0.310 e. The van der Waals surface area contributed by atoms with E-state index in [0.29, 0.717) is 11.8 Å². The number of imidazole rings is 2. The average molecular weight is 477 g/mol. The largest absolute Gasteiger partial charge is 0.417 e. The minimum Gasteiger partial charge on any atom is -0.310 e. The third-order valence-electron chi connectivity index (χ3n) is 5.74. The Morgan fingerprint density at radius 2 is 1.94 bits per heavy atom. The number of pyridine rings is 2. The van der Waals surface area contributed by atoms with E-state index in [-0.39, 0.29) is 50.8 Å². The van der Waals surface area contributed by atoms with E-state index in [4.69, 9.17) is 0 Å². The number of carbonyl (C=O) groups is 1. The molecule has 1 saturated carbocycles. The molecule has 1 aliphatic rings. The normalized spacial score (nSPS) is 14.9. The molecule has 172 valence electrons. The van der Waals surface area contributed by atoms with Gasteiger partial charge in [-0.05, 0) is 31.0 Å². The Kier molecular flexibility index (Phi) is 4.64. The average Bonchev–Trinajstić information content (AvgIpc) is 3.47. The molecule has 0 N–H and O–H groups in total. The summed E-state index contributed by atoms with van der Waals surface area (Å²) < 4.78 is 68.1. The van der Waals surface area contributed by atoms with Crippen LogP contribution in [-0.2, 0) is 23.1 Å². The van der Waals surface area contributed by atoms with E-state index in [1.54, 1.807) is 6.07 Å². The molecule has 5 rings (SSSR count). The van der Waals surface area contributed by atoms with Gasteiger partial charge in [-0.3, -0.25) is 9.20 Å². The highest BCUT2D eigenvalue weighted by molar-refractivity contribution is 7.91. The molecular formula is C21H18F3N5O3S. The summed E-state index contributed by atoms with van der Waals surface area (Å²) in [6.07, 6.45) is -0.759. The summed E-state index contributed by atoms with van der Waals surface area (Å²) in [5.74, 6) is -0.206. The minimum absolute atomic E-state index is 0.0121. The molecule has 1 aliphatic carbocycles. The molecule has 0 radical (unpaired) electrons. The fraction of sp³-hybridized carbons (Fsp3) is 0.333. The van der Waals surface area contributed by atoms with Crippen LogP contribution in [0.15, 0.2) is 35.6 Å². The molecule has 0 amide bonds. The number of aryl methyl sites for hydroxylation is 1. The van der Waals surface area contributed by atoms with E-state index in [9.17, 15) is 26.4 Å². The van der Waals surface area contributed by atoms with Crippen LogP contribution in [0.5, 0.6) is 0 Å². The van der Waals surface area contributed by atoms with Crippen LogP contribution < -0.4 is 0 Å². The number of hydrogen-bond donors (Lipinski definition) is 0. The second-order valence-electron chi connectivity index (χ2n) is 8.01. The SMILES string of the molecule is CCS(=O)(=O)c1c(-c2nc3cc(C(F)(F)F)cnc3n2C)nc2cc(C(=O)C3CC3)ccn12. The van der Waals surface area contributed by atoms with Crippen molar-refractivity contribution in [3.63, 3.8) is 0 Å². The van der Waals surface area contributed by atoms with E-state index < -0.39 is 21.6 Å². The molecule has 0 aliphatic heterocycles. The van der Waals surface area contributed by atoms with Gasteiger partial charge in [-0.15, -0.1) is 0 Å². The monoisotopic (exact) mass is 477 g/mol. The highest BCUT2D eigenvalue weighted by Crippen LogP contribution is 2.35. The Morgan fingerprint density at radius 1 is 1.21 bits per heavy atom. The number of aromatic nitrogens is 5. The molecule has 0 bridgehead atoms. The minimum atomic E-state index is -4.59. The van der Waals surface area contributed by atoms with E-state index in [0.717, 1.165) is 18.9 Å². The molecule has 12 heteroatoms. The van der Waals surface area contributed by atoms with Gasteiger partial charge in [0, 0.05) is 30.9 Å². The Hall–Kier alpha value is -3.28. The molecule has 0 unspecified atom stereocenters. The van der Waals surface area contributed by atoms with E-state index in [2.05, 4.69) is 15.0 Å². The van der Waals surface area contributed by atoms with Crippen molar-refractivity contribution in [1.29, 1.82) is 0 Å². The van der Waals surface area contributed by atoms with Crippen molar-refractivity contribution in [1.82, 2.24) is 23.9 Å². The maximum atomic E-state index is 13.1. The predicted molar refractivity (Wildman–Crippen MR) is 112 cm³/mol. The molecule has 33 heavy (non-hydrogen) atoms. The van der Waals surface area contributed by atoms with Gasteiger partial charge in [0.15, 0.2) is 32.1 Å². The molecule has 0 spiro atoms. The number of rotatable bonds is 5. The number of ketones is 1. The van der Waals surface area contributed by atoms with Crippen molar-refractivity contribution in [2.75, 3.05) is 5.75 Å². The van der Waals surface area contributed by atoms with Gasteiger partial charge >= 0.3 is 6.18 Å². The number of halogens is 3. The number of sulfone groups is 1. The first kappa shape index (κ1) is 21.6. The molecule has 4 aromatic rings. The molecule has 0 saturated heterocycles. The molecule has 8 nitrogen and oxygen atoms in total. The van der Waals surface area contributed by atoms with Gasteiger partial charge in [0.2, 0.25) is 0 Å². The van der Waals surface area contributed by atoms with Crippen LogP contribution in [0.4, 0.5) is 13.2 Å². The van der Waals surface area contributed by atoms with Crippen LogP contribution in [0, 0.1) is 5.92 Å². The van der Waals surface area contributed by atoms with Crippen LogP contribution >= 0.6 is 0 Å². The third-order valence-corrected chi connectivity index (χ3v) is 7.48. The zero-order valence-corrected chi connectivity index (χ0v) is 18.4. The number of alkyl halides is 3. The second kappa shape index (κ2) is 7.11. The quantitative estimate of drug-likeness (QED) is 0.407. The van der Waals surface area contributed by atoms with Crippen molar-refractivity contribution >= 4 is 32.4 Å². The van der Waals surface area contributed by atoms with E-state index in [1.165, 1.54) is 35.2 Å². The lowest BCUT2D eigenvalue weighted by Crippen LogP contribution is -2.10. The highest BCUT2D eigenvalue weighted by Gasteiger charge is 2.34. The van der Waals surface area contributed by atoms with Gasteiger partial charge < -0.3 is 4.57 Å². The lowest BCUT2D eigenvalue weighted by molar-refractivity contribution is -0.137. The molecular weight excluding hydrogens is 459 g/mol. The van der Waals surface area contributed by atoms with E-state index >= 15 is 0 Å². The summed E-state index contributed by atoms with van der Waals surface area (Å²) in [6.45, 7) is 1.48. The zero-order chi connectivity index (χ0) is 23.7. The molecule has 1 fully saturated rings. The predicted octanol–water partition coefficient (Wildman–Crippen LogP) is 3.69. The highest BCUT2D eigenvalue weighted by atomic mass is 32.2. The fourth-order valence-corrected chi connectivity index (χ4v) is 4.94. The van der Waals surface area contributed by atoms with Crippen LogP contribution in [0.3, 0.4) is 0 Å². The Bertz CT molecular complexity index is 1550. The van der Waals surface area contributed by atoms with Gasteiger partial charge in [-0.25, -0.2) is 23.4 Å². The van der Waals surface area contributed by atoms with Crippen molar-refractivity contribution in [2.45, 2.75) is 31.0 Å². The van der Waals surface area contributed by atoms with Crippen LogP contribution in [-0.4, -0.2) is 43.9 Å². The first-order chi connectivity index (χ1) is 15.5. The maximum Gasteiger partial charge on any atom is 0.417 e. The van der Waals surface area contributed by atoms with Crippen LogP contribution in [0.1, 0.15) is 35.7 Å². The van der Waals surface area contributed by atoms with Gasteiger partial charge in [0.1, 0.15) is 16.9 Å². The zero-order valence-electron chi connectivity index (χ0n) is 17.6. The van der Waals surface area contributed by atoms with Crippen molar-refractivity contribution in [3.8, 4) is 11.5 Å². The molecule has 0 aromatic carbocycles. The molecule has 4 heterocycles. The van der Waals surface area contributed by atoms with Gasteiger partial charge in [0.05, 0.1) is 11.3 Å². The number of fused-ring (bicyclic) bond motifs is 2. The number of Topliss-reactive ketones (excluding diaryl/α,β-unsaturated/α-hetero) is 1. The lowest BCUT2D eigenvalue weighted by Gasteiger charge is -2.06. The lowest BCUT2D eigenvalue weighted by atomic mass is 10.1. The Labute approximate surface area is 186 Å². The second-order valence-corrected chi connectivity index (χ2v) is 10.2. The maximum absolute atomic E-state index is 13.1. The topological polar surface area (TPSA) is 99.2 Å². The first-order valence-corrected chi connectivity index (χ1v) is 11.9. The standard InChI is InChI=1S/C21H18F3N5O3S/c1-3-33(31,32)20-16(27-15-8-12(6-7-29(15)20)17(30)11-4-5-11)19-26-14-9-13(21(22,23)24)10-25-18(14)28(19)2/h6-11H,3-5H2,1-2H3. The first-order valence-electron chi connectivity index (χ1n) is 10.2. The van der Waals surface area contributed by atoms with Crippen LogP contribution in [0.25, 0.3) is 28.3 Å². The van der Waals surface area contributed by atoms with Gasteiger partial charge in [0.25, 0.3) is 0 Å². The number of nitrogens with zero attached hydrogens (tertiary/aromatic N) is 5. The summed E-state index contributed by atoms with van der Waals surface area (Å²) in [5.41, 5.74) is -0.187. The van der Waals surface area contributed by atoms with Crippen molar-refractivity contribution in [2.24, 2.45) is 13.0 Å². The molecule has 0 atom stereocenters. The van der Waals surface area contributed by atoms with E-state index in [1.807, 2.05) is 0 Å². The summed E-state index contributed by atoms with van der Waals surface area (Å²) in [7, 11) is -2.29. The number of hydrogen-bond acceptors (Lipinski definition) is 6. The number of carbonyl (C=O) groups excluding carboxylic acids is 1. The third kappa shape index (κ3) is 3.48. The molecule has 4 aromatic heterocycles. The van der Waals surface area contributed by atoms with Gasteiger partial charge in [-0.2, -0.15) is 13.2 Å². The summed E-state index contributed by atoms with van der Waals surface area (Å²) in [4.78, 5) is 25.0. The van der Waals surface area contributed by atoms with Crippen molar-refractivity contribution < 1.29 is 26.4 Å². The fourth-order valence-electron chi connectivity index (χ4n) is 3.78. The summed E-state index contributed by atoms with van der Waals surface area (Å²) >= 11 is 0. The van der Waals surface area contributed by atoms with Crippen molar-refractivity contribution in [3.05, 3.63) is 41.7 Å². The summed E-state index contributed by atoms with van der Waals surface area (Å²) in [6, 6.07) is 3.95. The van der Waals surface area contributed by atoms with Crippen LogP contribution in [0.2, 0.25) is 0 Å². The Balaban J connectivity index is 1.76. The summed E-state index contributed by atoms with van der Waals surface area (Å²) in [5, 5.41) is -0.139.